The predicted octanol–water partition coefficient (Wildman–Crippen LogP) is 2.86. The molecule has 2 aromatic rings. The minimum Gasteiger partial charge on any atom is -0.489 e. The van der Waals surface area contributed by atoms with E-state index in [0.717, 1.165) is 5.56 Å². The Balaban J connectivity index is 1.79. The lowest BCUT2D eigenvalue weighted by Crippen LogP contribution is -2.32. The fraction of sp³-hybridized carbons (Fsp3) is 0.263. The van der Waals surface area contributed by atoms with Crippen LogP contribution in [0, 0.1) is 5.82 Å². The van der Waals surface area contributed by atoms with E-state index in [-0.39, 0.29) is 30.6 Å². The average Bonchev–Trinajstić information content (AvgIpc) is 2.57. The van der Waals surface area contributed by atoms with E-state index >= 15 is 0 Å². The molecule has 0 saturated heterocycles. The minimum absolute atomic E-state index is 0.0654. The number of para-hydroxylation sites is 1. The summed E-state index contributed by atoms with van der Waals surface area (Å²) in [4.78, 5) is 24.7. The number of likely N-dealkylation sites (N-methyl/N-ethyl adjacent to an activating group) is 1. The lowest BCUT2D eigenvalue weighted by molar-refractivity contribution is -0.129. The molecule has 0 aromatic heterocycles. The molecule has 132 valence electrons. The van der Waals surface area contributed by atoms with Crippen molar-refractivity contribution in [2.24, 2.45) is 0 Å². The zero-order valence-corrected chi connectivity index (χ0v) is 14.3. The van der Waals surface area contributed by atoms with Gasteiger partial charge in [0.15, 0.2) is 11.6 Å². The first-order valence-electron chi connectivity index (χ1n) is 7.93. The molecule has 5 nitrogen and oxygen atoms in total. The molecular formula is C19H21FN2O3. The molecule has 0 spiro atoms. The Labute approximate surface area is 146 Å². The molecule has 0 aliphatic rings. The van der Waals surface area contributed by atoms with Crippen LogP contribution >= 0.6 is 0 Å². The van der Waals surface area contributed by atoms with Crippen LogP contribution in [0.3, 0.4) is 0 Å². The summed E-state index contributed by atoms with van der Waals surface area (Å²) in [6, 6.07) is 13.3. The minimum atomic E-state index is -0.421. The summed E-state index contributed by atoms with van der Waals surface area (Å²) in [5.41, 5.74) is 1.54. The Morgan fingerprint density at radius 2 is 1.80 bits per heavy atom. The summed E-state index contributed by atoms with van der Waals surface area (Å²) in [6.45, 7) is 2.01. The number of carbonyl (C=O) groups is 2. The zero-order chi connectivity index (χ0) is 18.2. The van der Waals surface area contributed by atoms with Gasteiger partial charge < -0.3 is 15.0 Å². The van der Waals surface area contributed by atoms with Crippen LogP contribution in [0.4, 0.5) is 10.1 Å². The number of nitrogens with one attached hydrogen (secondary N) is 1. The van der Waals surface area contributed by atoms with Crippen molar-refractivity contribution >= 4 is 17.5 Å². The van der Waals surface area contributed by atoms with Crippen LogP contribution in [-0.4, -0.2) is 36.9 Å². The topological polar surface area (TPSA) is 58.6 Å². The number of hydrogen-bond donors (Lipinski definition) is 1. The lowest BCUT2D eigenvalue weighted by atomic mass is 10.1. The van der Waals surface area contributed by atoms with Gasteiger partial charge in [-0.2, -0.15) is 0 Å². The van der Waals surface area contributed by atoms with E-state index in [1.165, 1.54) is 13.0 Å². The summed E-state index contributed by atoms with van der Waals surface area (Å²) in [6.07, 6.45) is 0.247. The highest BCUT2D eigenvalue weighted by atomic mass is 19.1. The van der Waals surface area contributed by atoms with Crippen LogP contribution in [0.2, 0.25) is 0 Å². The maximum absolute atomic E-state index is 13.4. The van der Waals surface area contributed by atoms with Crippen molar-refractivity contribution in [3.8, 4) is 5.75 Å². The molecule has 0 heterocycles. The number of halogens is 1. The van der Waals surface area contributed by atoms with Crippen molar-refractivity contribution in [2.75, 3.05) is 25.5 Å². The smallest absolute Gasteiger partial charge is 0.226 e. The van der Waals surface area contributed by atoms with E-state index < -0.39 is 5.82 Å². The molecule has 2 rings (SSSR count). The molecule has 0 atom stereocenters. The summed E-state index contributed by atoms with van der Waals surface area (Å²) in [5, 5.41) is 2.67. The predicted molar refractivity (Wildman–Crippen MR) is 94.0 cm³/mol. The molecule has 1 N–H and O–H groups in total. The Kier molecular flexibility index (Phi) is 6.51. The van der Waals surface area contributed by atoms with E-state index in [2.05, 4.69) is 5.32 Å². The SMILES string of the molecule is CC(=O)Nc1ccc(CC(=O)N(C)CCOc2ccccc2F)cc1. The molecule has 0 unspecified atom stereocenters. The molecule has 0 aliphatic heterocycles. The number of carbonyl (C=O) groups excluding carboxylic acids is 2. The molecule has 0 aliphatic carbocycles. The molecule has 0 fully saturated rings. The van der Waals surface area contributed by atoms with E-state index in [9.17, 15) is 14.0 Å². The monoisotopic (exact) mass is 344 g/mol. The van der Waals surface area contributed by atoms with Gasteiger partial charge in [-0.3, -0.25) is 9.59 Å². The summed E-state index contributed by atoms with van der Waals surface area (Å²) >= 11 is 0. The quantitative estimate of drug-likeness (QED) is 0.840. The first kappa shape index (κ1) is 18.4. The van der Waals surface area contributed by atoms with Gasteiger partial charge in [-0.25, -0.2) is 4.39 Å². The zero-order valence-electron chi connectivity index (χ0n) is 14.3. The van der Waals surface area contributed by atoms with Gasteiger partial charge >= 0.3 is 0 Å². The number of nitrogens with zero attached hydrogens (tertiary/aromatic N) is 1. The van der Waals surface area contributed by atoms with Crippen LogP contribution in [0.5, 0.6) is 5.75 Å². The summed E-state index contributed by atoms with van der Waals surface area (Å²) in [5.74, 6) is -0.449. The third-order valence-electron chi connectivity index (χ3n) is 3.58. The lowest BCUT2D eigenvalue weighted by Gasteiger charge is -2.18. The first-order chi connectivity index (χ1) is 12.0. The molecule has 2 aromatic carbocycles. The number of ether oxygens (including phenoxy) is 1. The summed E-state index contributed by atoms with van der Waals surface area (Å²) < 4.78 is 18.8. The summed E-state index contributed by atoms with van der Waals surface area (Å²) in [7, 11) is 1.68. The third-order valence-corrected chi connectivity index (χ3v) is 3.58. The maximum atomic E-state index is 13.4. The second-order valence-corrected chi connectivity index (χ2v) is 5.65. The van der Waals surface area contributed by atoms with Gasteiger partial charge in [0, 0.05) is 19.7 Å². The number of hydrogen-bond acceptors (Lipinski definition) is 3. The number of anilines is 1. The van der Waals surface area contributed by atoms with Crippen LogP contribution in [0.25, 0.3) is 0 Å². The van der Waals surface area contributed by atoms with Crippen molar-refractivity contribution < 1.29 is 18.7 Å². The molecule has 25 heavy (non-hydrogen) atoms. The molecule has 0 radical (unpaired) electrons. The normalized spacial score (nSPS) is 10.2. The van der Waals surface area contributed by atoms with Crippen LogP contribution < -0.4 is 10.1 Å². The van der Waals surface area contributed by atoms with E-state index in [1.54, 1.807) is 54.4 Å². The first-order valence-corrected chi connectivity index (χ1v) is 7.93. The van der Waals surface area contributed by atoms with Gasteiger partial charge in [-0.05, 0) is 29.8 Å². The van der Waals surface area contributed by atoms with Crippen molar-refractivity contribution in [3.63, 3.8) is 0 Å². The number of amides is 2. The van der Waals surface area contributed by atoms with Gasteiger partial charge in [0.25, 0.3) is 0 Å². The van der Waals surface area contributed by atoms with Crippen molar-refractivity contribution in [2.45, 2.75) is 13.3 Å². The molecule has 0 saturated carbocycles. The highest BCUT2D eigenvalue weighted by molar-refractivity contribution is 5.88. The standard InChI is InChI=1S/C19H21FN2O3/c1-14(23)21-16-9-7-15(8-10-16)13-19(24)22(2)11-12-25-18-6-4-3-5-17(18)20/h3-10H,11-13H2,1-2H3,(H,21,23). The second-order valence-electron chi connectivity index (χ2n) is 5.65. The van der Waals surface area contributed by atoms with Crippen LogP contribution in [-0.2, 0) is 16.0 Å². The van der Waals surface area contributed by atoms with E-state index in [1.807, 2.05) is 0 Å². The van der Waals surface area contributed by atoms with Gasteiger partial charge in [0.2, 0.25) is 11.8 Å². The molecule has 6 heteroatoms. The Morgan fingerprint density at radius 1 is 1.12 bits per heavy atom. The Morgan fingerprint density at radius 3 is 2.44 bits per heavy atom. The second kappa shape index (κ2) is 8.82. The van der Waals surface area contributed by atoms with E-state index in [0.29, 0.717) is 12.2 Å². The molecule has 0 bridgehead atoms. The van der Waals surface area contributed by atoms with Crippen LogP contribution in [0.1, 0.15) is 12.5 Å². The molecule has 2 amide bonds. The van der Waals surface area contributed by atoms with Crippen LogP contribution in [0.15, 0.2) is 48.5 Å². The van der Waals surface area contributed by atoms with Crippen molar-refractivity contribution in [3.05, 3.63) is 59.9 Å². The van der Waals surface area contributed by atoms with Crippen molar-refractivity contribution in [1.29, 1.82) is 0 Å². The Hall–Kier alpha value is -2.89. The highest BCUT2D eigenvalue weighted by Gasteiger charge is 2.10. The Bertz CT molecular complexity index is 732. The number of rotatable bonds is 7. The fourth-order valence-corrected chi connectivity index (χ4v) is 2.20. The fourth-order valence-electron chi connectivity index (χ4n) is 2.20. The van der Waals surface area contributed by atoms with Gasteiger partial charge in [0.1, 0.15) is 6.61 Å². The largest absolute Gasteiger partial charge is 0.489 e. The molecular weight excluding hydrogens is 323 g/mol. The third kappa shape index (κ3) is 5.91. The number of benzene rings is 2. The highest BCUT2D eigenvalue weighted by Crippen LogP contribution is 2.15. The van der Waals surface area contributed by atoms with Crippen molar-refractivity contribution in [1.82, 2.24) is 4.90 Å². The van der Waals surface area contributed by atoms with Gasteiger partial charge in [-0.1, -0.05) is 24.3 Å². The van der Waals surface area contributed by atoms with Gasteiger partial charge in [-0.15, -0.1) is 0 Å². The van der Waals surface area contributed by atoms with Gasteiger partial charge in [0.05, 0.1) is 13.0 Å². The van der Waals surface area contributed by atoms with E-state index in [4.69, 9.17) is 4.74 Å². The average molecular weight is 344 g/mol. The maximum Gasteiger partial charge on any atom is 0.226 e.